The lowest BCUT2D eigenvalue weighted by Crippen LogP contribution is -2.28. The number of rotatable bonds is 16. The summed E-state index contributed by atoms with van der Waals surface area (Å²) in [4.78, 5) is 19.3. The third-order valence-electron chi connectivity index (χ3n) is 3.90. The summed E-state index contributed by atoms with van der Waals surface area (Å²) in [6.07, 6.45) is 18.8. The summed E-state index contributed by atoms with van der Waals surface area (Å²) in [6.45, 7) is 2.21. The third kappa shape index (κ3) is 13.9. The fourth-order valence-electron chi connectivity index (χ4n) is 2.43. The molecule has 0 spiro atoms. The normalized spacial score (nSPS) is 11.8. The standard InChI is InChI=1S/C18H32N2O4/c1-2-3-4-5-6-7-8-9-10-11-12-13-14-15-16-17-18(19(21)22)20(23)24/h6-7,9-10,18H,2-5,8,11-17H2,1H3. The Kier molecular flexibility index (Phi) is 15.0. The average molecular weight is 340 g/mol. The molecule has 0 saturated heterocycles. The van der Waals surface area contributed by atoms with Gasteiger partial charge in [0, 0.05) is 0 Å². The van der Waals surface area contributed by atoms with E-state index in [1.807, 2.05) is 0 Å². The molecular weight excluding hydrogens is 308 g/mol. The van der Waals surface area contributed by atoms with Crippen LogP contribution >= 0.6 is 0 Å². The van der Waals surface area contributed by atoms with Crippen molar-refractivity contribution in [2.45, 2.75) is 90.1 Å². The molecule has 0 aromatic heterocycles. The Bertz CT molecular complexity index is 380. The van der Waals surface area contributed by atoms with E-state index in [1.165, 1.54) is 25.7 Å². The molecule has 0 N–H and O–H groups in total. The first kappa shape index (κ1) is 22.3. The van der Waals surface area contributed by atoms with Gasteiger partial charge in [0.05, 0.1) is 16.3 Å². The monoisotopic (exact) mass is 340 g/mol. The summed E-state index contributed by atoms with van der Waals surface area (Å²) in [5.74, 6) is 0. The Morgan fingerprint density at radius 3 is 1.79 bits per heavy atom. The van der Waals surface area contributed by atoms with Gasteiger partial charge in [-0.15, -0.1) is 0 Å². The molecule has 0 aromatic carbocycles. The largest absolute Gasteiger partial charge is 0.450 e. The topological polar surface area (TPSA) is 86.3 Å². The second-order valence-electron chi connectivity index (χ2n) is 6.07. The van der Waals surface area contributed by atoms with Gasteiger partial charge in [0.2, 0.25) is 0 Å². The molecular formula is C18H32N2O4. The Balaban J connectivity index is 3.43. The molecule has 0 fully saturated rings. The van der Waals surface area contributed by atoms with Gasteiger partial charge in [-0.3, -0.25) is 20.2 Å². The number of unbranched alkanes of at least 4 members (excludes halogenated alkanes) is 8. The Hall–Kier alpha value is -1.72. The fraction of sp³-hybridized carbons (Fsp3) is 0.778. The van der Waals surface area contributed by atoms with Crippen molar-refractivity contribution in [2.24, 2.45) is 0 Å². The predicted octanol–water partition coefficient (Wildman–Crippen LogP) is 5.68. The van der Waals surface area contributed by atoms with Crippen LogP contribution in [0, 0.1) is 20.2 Å². The van der Waals surface area contributed by atoms with E-state index in [4.69, 9.17) is 0 Å². The lowest BCUT2D eigenvalue weighted by atomic mass is 10.1. The van der Waals surface area contributed by atoms with Crippen molar-refractivity contribution in [2.75, 3.05) is 0 Å². The van der Waals surface area contributed by atoms with E-state index in [0.29, 0.717) is 6.42 Å². The molecule has 138 valence electrons. The van der Waals surface area contributed by atoms with Gasteiger partial charge in [-0.25, -0.2) is 0 Å². The highest BCUT2D eigenvalue weighted by atomic mass is 16.7. The number of allylic oxidation sites excluding steroid dienone is 4. The van der Waals surface area contributed by atoms with Crippen LogP contribution in [0.1, 0.15) is 84.0 Å². The van der Waals surface area contributed by atoms with Crippen molar-refractivity contribution in [1.82, 2.24) is 0 Å². The van der Waals surface area contributed by atoms with Crippen molar-refractivity contribution in [3.8, 4) is 0 Å². The third-order valence-corrected chi connectivity index (χ3v) is 3.90. The van der Waals surface area contributed by atoms with Crippen molar-refractivity contribution < 1.29 is 9.85 Å². The van der Waals surface area contributed by atoms with Crippen LogP contribution in [0.3, 0.4) is 0 Å². The van der Waals surface area contributed by atoms with Crippen molar-refractivity contribution >= 4 is 0 Å². The highest BCUT2D eigenvalue weighted by molar-refractivity contribution is 4.92. The molecule has 0 aromatic rings. The van der Waals surface area contributed by atoms with Crippen LogP contribution in [0.5, 0.6) is 0 Å². The van der Waals surface area contributed by atoms with Gasteiger partial charge in [0.15, 0.2) is 0 Å². The average Bonchev–Trinajstić information content (AvgIpc) is 2.53. The summed E-state index contributed by atoms with van der Waals surface area (Å²) in [5.41, 5.74) is 0. The van der Waals surface area contributed by atoms with Crippen LogP contribution in [0.25, 0.3) is 0 Å². The summed E-state index contributed by atoms with van der Waals surface area (Å²) in [5, 5.41) is 20.9. The Labute approximate surface area is 145 Å². The first-order chi connectivity index (χ1) is 11.6. The van der Waals surface area contributed by atoms with E-state index in [9.17, 15) is 20.2 Å². The summed E-state index contributed by atoms with van der Waals surface area (Å²) in [6, 6.07) is 0. The Morgan fingerprint density at radius 2 is 1.25 bits per heavy atom. The molecule has 0 radical (unpaired) electrons. The van der Waals surface area contributed by atoms with Crippen molar-refractivity contribution in [3.63, 3.8) is 0 Å². The smallest absolute Gasteiger partial charge is 0.259 e. The molecule has 0 amide bonds. The lowest BCUT2D eigenvalue weighted by Gasteiger charge is -2.02. The van der Waals surface area contributed by atoms with Gasteiger partial charge in [-0.2, -0.15) is 0 Å². The van der Waals surface area contributed by atoms with Gasteiger partial charge in [-0.05, 0) is 38.5 Å². The lowest BCUT2D eigenvalue weighted by molar-refractivity contribution is -0.743. The zero-order chi connectivity index (χ0) is 18.0. The van der Waals surface area contributed by atoms with Gasteiger partial charge in [0.25, 0.3) is 0 Å². The molecule has 0 rings (SSSR count). The van der Waals surface area contributed by atoms with E-state index in [0.717, 1.165) is 38.5 Å². The van der Waals surface area contributed by atoms with Crippen molar-refractivity contribution in [3.05, 3.63) is 44.5 Å². The maximum atomic E-state index is 10.5. The number of hydrogen-bond acceptors (Lipinski definition) is 4. The number of nitro groups is 2. The van der Waals surface area contributed by atoms with E-state index in [-0.39, 0.29) is 6.42 Å². The minimum absolute atomic E-state index is 0.0322. The van der Waals surface area contributed by atoms with Crippen LogP contribution in [0.4, 0.5) is 0 Å². The van der Waals surface area contributed by atoms with Crippen LogP contribution in [-0.4, -0.2) is 16.0 Å². The van der Waals surface area contributed by atoms with Crippen LogP contribution in [0.2, 0.25) is 0 Å². The molecule has 6 heteroatoms. The quantitative estimate of drug-likeness (QED) is 0.119. The second-order valence-corrected chi connectivity index (χ2v) is 6.07. The molecule has 0 heterocycles. The van der Waals surface area contributed by atoms with Gasteiger partial charge in [-0.1, -0.05) is 63.3 Å². The maximum absolute atomic E-state index is 10.5. The maximum Gasteiger partial charge on any atom is 0.450 e. The highest BCUT2D eigenvalue weighted by Crippen LogP contribution is 2.11. The van der Waals surface area contributed by atoms with E-state index in [2.05, 4.69) is 31.2 Å². The molecule has 24 heavy (non-hydrogen) atoms. The van der Waals surface area contributed by atoms with Gasteiger partial charge >= 0.3 is 6.17 Å². The fourth-order valence-corrected chi connectivity index (χ4v) is 2.43. The first-order valence-corrected chi connectivity index (χ1v) is 9.16. The molecule has 6 nitrogen and oxygen atoms in total. The van der Waals surface area contributed by atoms with Crippen LogP contribution in [0.15, 0.2) is 24.3 Å². The molecule has 0 aliphatic heterocycles. The first-order valence-electron chi connectivity index (χ1n) is 9.16. The van der Waals surface area contributed by atoms with Crippen LogP contribution in [-0.2, 0) is 0 Å². The van der Waals surface area contributed by atoms with Gasteiger partial charge in [0.1, 0.15) is 0 Å². The zero-order valence-corrected chi connectivity index (χ0v) is 14.9. The molecule has 0 aliphatic rings. The minimum atomic E-state index is -1.64. The summed E-state index contributed by atoms with van der Waals surface area (Å²) >= 11 is 0. The molecule has 0 saturated carbocycles. The number of hydrogen-bond donors (Lipinski definition) is 0. The van der Waals surface area contributed by atoms with E-state index in [1.54, 1.807) is 0 Å². The molecule has 0 aliphatic carbocycles. The predicted molar refractivity (Wildman–Crippen MR) is 97.1 cm³/mol. The van der Waals surface area contributed by atoms with Crippen molar-refractivity contribution in [1.29, 1.82) is 0 Å². The Morgan fingerprint density at radius 1 is 0.750 bits per heavy atom. The molecule has 0 atom stereocenters. The van der Waals surface area contributed by atoms with Gasteiger partial charge < -0.3 is 0 Å². The highest BCUT2D eigenvalue weighted by Gasteiger charge is 2.30. The molecule has 0 bridgehead atoms. The SMILES string of the molecule is CCCCCC=CCC=CCCCCCCCC([N+](=O)[O-])[N+](=O)[O-]. The zero-order valence-electron chi connectivity index (χ0n) is 14.9. The van der Waals surface area contributed by atoms with E-state index >= 15 is 0 Å². The van der Waals surface area contributed by atoms with Crippen LogP contribution < -0.4 is 0 Å². The second kappa shape index (κ2) is 16.1. The summed E-state index contributed by atoms with van der Waals surface area (Å²) in [7, 11) is 0. The minimum Gasteiger partial charge on any atom is -0.259 e. The number of nitrogens with zero attached hydrogens (tertiary/aromatic N) is 2. The summed E-state index contributed by atoms with van der Waals surface area (Å²) < 4.78 is 0. The van der Waals surface area contributed by atoms with E-state index < -0.39 is 16.0 Å². The molecule has 0 unspecified atom stereocenters.